The summed E-state index contributed by atoms with van der Waals surface area (Å²) in [6, 6.07) is 0. The maximum absolute atomic E-state index is 9.26. The Morgan fingerprint density at radius 3 is 2.92 bits per heavy atom. The van der Waals surface area contributed by atoms with Crippen molar-refractivity contribution in [3.63, 3.8) is 0 Å². The Labute approximate surface area is 74.1 Å². The van der Waals surface area contributed by atoms with Crippen molar-refractivity contribution >= 4 is 0 Å². The molecule has 1 atom stereocenters. The second-order valence-electron chi connectivity index (χ2n) is 2.68. The van der Waals surface area contributed by atoms with Crippen molar-refractivity contribution in [3.05, 3.63) is 0 Å². The van der Waals surface area contributed by atoms with E-state index in [4.69, 9.17) is 10.5 Å². The van der Waals surface area contributed by atoms with E-state index in [0.717, 1.165) is 13.0 Å². The van der Waals surface area contributed by atoms with Gasteiger partial charge in [-0.2, -0.15) is 0 Å². The van der Waals surface area contributed by atoms with Crippen LogP contribution in [0.5, 0.6) is 0 Å². The lowest BCUT2D eigenvalue weighted by atomic mass is 10.4. The molecule has 0 radical (unpaired) electrons. The van der Waals surface area contributed by atoms with Gasteiger partial charge in [-0.05, 0) is 19.5 Å². The molecule has 0 aromatic rings. The van der Waals surface area contributed by atoms with E-state index in [1.165, 1.54) is 0 Å². The molecule has 0 bridgehead atoms. The molecule has 0 saturated carbocycles. The van der Waals surface area contributed by atoms with Crippen LogP contribution in [0.3, 0.4) is 0 Å². The summed E-state index contributed by atoms with van der Waals surface area (Å²) in [5, 5.41) is 12.3. The lowest BCUT2D eigenvalue weighted by Gasteiger charge is -2.10. The van der Waals surface area contributed by atoms with E-state index in [9.17, 15) is 5.11 Å². The van der Waals surface area contributed by atoms with Gasteiger partial charge in [0.2, 0.25) is 0 Å². The van der Waals surface area contributed by atoms with Crippen LogP contribution < -0.4 is 11.1 Å². The third kappa shape index (κ3) is 7.94. The van der Waals surface area contributed by atoms with Crippen LogP contribution in [0.15, 0.2) is 0 Å². The van der Waals surface area contributed by atoms with E-state index in [1.54, 1.807) is 0 Å². The van der Waals surface area contributed by atoms with Gasteiger partial charge in [-0.3, -0.25) is 0 Å². The molecule has 1 unspecified atom stereocenters. The van der Waals surface area contributed by atoms with Gasteiger partial charge < -0.3 is 20.9 Å². The van der Waals surface area contributed by atoms with E-state index >= 15 is 0 Å². The third-order valence-corrected chi connectivity index (χ3v) is 1.43. The Hall–Kier alpha value is -0.160. The Morgan fingerprint density at radius 1 is 1.58 bits per heavy atom. The summed E-state index contributed by atoms with van der Waals surface area (Å²) in [5.74, 6) is 0. The molecule has 4 nitrogen and oxygen atoms in total. The molecule has 0 amide bonds. The number of hydrogen-bond donors (Lipinski definition) is 3. The summed E-state index contributed by atoms with van der Waals surface area (Å²) in [5.41, 5.74) is 5.27. The molecule has 0 saturated heterocycles. The zero-order valence-corrected chi connectivity index (χ0v) is 7.75. The first kappa shape index (κ1) is 11.8. The standard InChI is InChI=1S/C8H20N2O2/c1-2-10-6-8(11)7-12-5-3-4-9/h8,10-11H,2-7,9H2,1H3. The fourth-order valence-electron chi connectivity index (χ4n) is 0.775. The topological polar surface area (TPSA) is 67.5 Å². The van der Waals surface area contributed by atoms with Gasteiger partial charge in [-0.25, -0.2) is 0 Å². The van der Waals surface area contributed by atoms with Gasteiger partial charge in [-0.15, -0.1) is 0 Å². The highest BCUT2D eigenvalue weighted by Crippen LogP contribution is 1.85. The predicted octanol–water partition coefficient (Wildman–Crippen LogP) is -0.678. The monoisotopic (exact) mass is 176 g/mol. The van der Waals surface area contributed by atoms with Crippen molar-refractivity contribution < 1.29 is 9.84 Å². The molecule has 0 aliphatic carbocycles. The average Bonchev–Trinajstić information content (AvgIpc) is 2.09. The van der Waals surface area contributed by atoms with Crippen LogP contribution >= 0.6 is 0 Å². The fraction of sp³-hybridized carbons (Fsp3) is 1.00. The Bertz CT molecular complexity index is 91.1. The fourth-order valence-corrected chi connectivity index (χ4v) is 0.775. The van der Waals surface area contributed by atoms with Gasteiger partial charge in [0, 0.05) is 13.2 Å². The quantitative estimate of drug-likeness (QED) is 0.429. The lowest BCUT2D eigenvalue weighted by molar-refractivity contribution is 0.0370. The number of hydrogen-bond acceptors (Lipinski definition) is 4. The number of likely N-dealkylation sites (N-methyl/N-ethyl adjacent to an activating group) is 1. The molecule has 0 aliphatic rings. The van der Waals surface area contributed by atoms with E-state index in [1.807, 2.05) is 6.92 Å². The summed E-state index contributed by atoms with van der Waals surface area (Å²) in [6.45, 7) is 5.15. The zero-order valence-electron chi connectivity index (χ0n) is 7.75. The zero-order chi connectivity index (χ0) is 9.23. The van der Waals surface area contributed by atoms with Gasteiger partial charge in [0.25, 0.3) is 0 Å². The molecule has 0 aliphatic heterocycles. The van der Waals surface area contributed by atoms with E-state index in [2.05, 4.69) is 5.32 Å². The first-order valence-corrected chi connectivity index (χ1v) is 4.47. The van der Waals surface area contributed by atoms with Crippen molar-refractivity contribution in [2.45, 2.75) is 19.4 Å². The number of rotatable bonds is 8. The molecule has 4 N–H and O–H groups in total. The van der Waals surface area contributed by atoms with E-state index in [0.29, 0.717) is 26.3 Å². The van der Waals surface area contributed by atoms with Crippen LogP contribution in [0.2, 0.25) is 0 Å². The summed E-state index contributed by atoms with van der Waals surface area (Å²) in [4.78, 5) is 0. The first-order valence-electron chi connectivity index (χ1n) is 4.47. The molecule has 0 rings (SSSR count). The first-order chi connectivity index (χ1) is 5.81. The minimum Gasteiger partial charge on any atom is -0.389 e. The molecule has 0 aromatic heterocycles. The molecule has 4 heteroatoms. The van der Waals surface area contributed by atoms with Gasteiger partial charge in [-0.1, -0.05) is 6.92 Å². The average molecular weight is 176 g/mol. The number of ether oxygens (including phenoxy) is 1. The second kappa shape index (κ2) is 8.93. The predicted molar refractivity (Wildman–Crippen MR) is 49.0 cm³/mol. The van der Waals surface area contributed by atoms with Gasteiger partial charge in [0.15, 0.2) is 0 Å². The Morgan fingerprint density at radius 2 is 2.33 bits per heavy atom. The maximum Gasteiger partial charge on any atom is 0.0897 e. The minimum atomic E-state index is -0.400. The van der Waals surface area contributed by atoms with Crippen molar-refractivity contribution in [2.75, 3.05) is 32.8 Å². The summed E-state index contributed by atoms with van der Waals surface area (Å²) < 4.78 is 5.16. The maximum atomic E-state index is 9.26. The normalized spacial score (nSPS) is 13.2. The number of nitrogens with one attached hydrogen (secondary N) is 1. The highest BCUT2D eigenvalue weighted by atomic mass is 16.5. The van der Waals surface area contributed by atoms with Gasteiger partial charge in [0.1, 0.15) is 0 Å². The van der Waals surface area contributed by atoms with Crippen molar-refractivity contribution in [1.82, 2.24) is 5.32 Å². The van der Waals surface area contributed by atoms with Crippen LogP contribution in [0.25, 0.3) is 0 Å². The molecule has 0 fully saturated rings. The van der Waals surface area contributed by atoms with Crippen LogP contribution in [0.1, 0.15) is 13.3 Å². The highest BCUT2D eigenvalue weighted by Gasteiger charge is 2.01. The van der Waals surface area contributed by atoms with Crippen LogP contribution in [-0.4, -0.2) is 44.1 Å². The molecule has 0 aromatic carbocycles. The SMILES string of the molecule is CCNCC(O)COCCCN. The molecule has 0 heterocycles. The van der Waals surface area contributed by atoms with Crippen molar-refractivity contribution in [1.29, 1.82) is 0 Å². The summed E-state index contributed by atoms with van der Waals surface area (Å²) in [6.07, 6.45) is 0.455. The molecule has 0 spiro atoms. The minimum absolute atomic E-state index is 0.396. The largest absolute Gasteiger partial charge is 0.389 e. The highest BCUT2D eigenvalue weighted by molar-refractivity contribution is 4.56. The number of nitrogens with two attached hydrogens (primary N) is 1. The third-order valence-electron chi connectivity index (χ3n) is 1.43. The molecule has 74 valence electrons. The smallest absolute Gasteiger partial charge is 0.0897 e. The van der Waals surface area contributed by atoms with Gasteiger partial charge in [0.05, 0.1) is 12.7 Å². The van der Waals surface area contributed by atoms with Crippen molar-refractivity contribution in [2.24, 2.45) is 5.73 Å². The van der Waals surface area contributed by atoms with Gasteiger partial charge >= 0.3 is 0 Å². The summed E-state index contributed by atoms with van der Waals surface area (Å²) in [7, 11) is 0. The van der Waals surface area contributed by atoms with E-state index < -0.39 is 6.10 Å². The van der Waals surface area contributed by atoms with E-state index in [-0.39, 0.29) is 0 Å². The molecular weight excluding hydrogens is 156 g/mol. The van der Waals surface area contributed by atoms with Crippen LogP contribution in [0, 0.1) is 0 Å². The lowest BCUT2D eigenvalue weighted by Crippen LogP contribution is -2.30. The second-order valence-corrected chi connectivity index (χ2v) is 2.68. The van der Waals surface area contributed by atoms with Crippen LogP contribution in [-0.2, 0) is 4.74 Å². The number of aliphatic hydroxyl groups excluding tert-OH is 1. The van der Waals surface area contributed by atoms with Crippen LogP contribution in [0.4, 0.5) is 0 Å². The number of aliphatic hydroxyl groups is 1. The Balaban J connectivity index is 3.02. The van der Waals surface area contributed by atoms with Crippen molar-refractivity contribution in [3.8, 4) is 0 Å². The molecule has 12 heavy (non-hydrogen) atoms. The molecular formula is C8H20N2O2. The Kier molecular flexibility index (Phi) is 8.81. The summed E-state index contributed by atoms with van der Waals surface area (Å²) >= 11 is 0.